The standard InChI is InChI=1S/C14H20N2O/c1-3-15-13-7-4-10(2)8-12(13)14(17)16-9-11-5-6-11/h4,7-8,11,15H,3,5-6,9H2,1-2H3,(H,16,17). The predicted octanol–water partition coefficient (Wildman–Crippen LogP) is 2.57. The minimum absolute atomic E-state index is 0.0385. The van der Waals surface area contributed by atoms with Gasteiger partial charge in [0.2, 0.25) is 0 Å². The van der Waals surface area contributed by atoms with E-state index in [2.05, 4.69) is 10.6 Å². The topological polar surface area (TPSA) is 41.1 Å². The fraction of sp³-hybridized carbons (Fsp3) is 0.500. The van der Waals surface area contributed by atoms with Crippen LogP contribution in [0.5, 0.6) is 0 Å². The molecule has 0 aliphatic heterocycles. The fourth-order valence-corrected chi connectivity index (χ4v) is 1.84. The molecule has 1 aromatic rings. The smallest absolute Gasteiger partial charge is 0.253 e. The summed E-state index contributed by atoms with van der Waals surface area (Å²) in [7, 11) is 0. The number of hydrogen-bond acceptors (Lipinski definition) is 2. The lowest BCUT2D eigenvalue weighted by atomic mass is 10.1. The Morgan fingerprint density at radius 1 is 1.41 bits per heavy atom. The minimum atomic E-state index is 0.0385. The van der Waals surface area contributed by atoms with Crippen LogP contribution in [-0.4, -0.2) is 19.0 Å². The van der Waals surface area contributed by atoms with Gasteiger partial charge in [-0.1, -0.05) is 11.6 Å². The van der Waals surface area contributed by atoms with Gasteiger partial charge >= 0.3 is 0 Å². The number of benzene rings is 1. The van der Waals surface area contributed by atoms with Crippen molar-refractivity contribution in [2.75, 3.05) is 18.4 Å². The normalized spacial score (nSPS) is 14.5. The molecule has 2 rings (SSSR count). The van der Waals surface area contributed by atoms with E-state index in [1.165, 1.54) is 12.8 Å². The molecule has 3 heteroatoms. The first kappa shape index (κ1) is 12.0. The van der Waals surface area contributed by atoms with Gasteiger partial charge in [0.25, 0.3) is 5.91 Å². The summed E-state index contributed by atoms with van der Waals surface area (Å²) < 4.78 is 0. The van der Waals surface area contributed by atoms with Crippen LogP contribution in [0.3, 0.4) is 0 Å². The van der Waals surface area contributed by atoms with Crippen LogP contribution >= 0.6 is 0 Å². The van der Waals surface area contributed by atoms with Gasteiger partial charge in [0.05, 0.1) is 5.56 Å². The Bertz CT molecular complexity index is 411. The molecule has 0 atom stereocenters. The Labute approximate surface area is 103 Å². The van der Waals surface area contributed by atoms with Crippen LogP contribution in [0.25, 0.3) is 0 Å². The molecule has 92 valence electrons. The summed E-state index contributed by atoms with van der Waals surface area (Å²) in [5, 5.41) is 6.23. The summed E-state index contributed by atoms with van der Waals surface area (Å²) in [4.78, 5) is 12.1. The Morgan fingerprint density at radius 3 is 2.82 bits per heavy atom. The zero-order chi connectivity index (χ0) is 12.3. The van der Waals surface area contributed by atoms with Gasteiger partial charge in [-0.25, -0.2) is 0 Å². The van der Waals surface area contributed by atoms with Crippen LogP contribution in [0.4, 0.5) is 5.69 Å². The maximum Gasteiger partial charge on any atom is 0.253 e. The molecular formula is C14H20N2O. The number of rotatable bonds is 5. The van der Waals surface area contributed by atoms with Crippen molar-refractivity contribution in [2.24, 2.45) is 5.92 Å². The molecule has 3 nitrogen and oxygen atoms in total. The Kier molecular flexibility index (Phi) is 3.67. The number of anilines is 1. The summed E-state index contributed by atoms with van der Waals surface area (Å²) in [5.41, 5.74) is 2.79. The van der Waals surface area contributed by atoms with Crippen molar-refractivity contribution in [2.45, 2.75) is 26.7 Å². The Balaban J connectivity index is 2.09. The van der Waals surface area contributed by atoms with Crippen molar-refractivity contribution in [3.8, 4) is 0 Å². The molecule has 0 unspecified atom stereocenters. The van der Waals surface area contributed by atoms with Crippen molar-refractivity contribution in [3.05, 3.63) is 29.3 Å². The molecule has 1 saturated carbocycles. The molecule has 2 N–H and O–H groups in total. The molecule has 0 aromatic heterocycles. The lowest BCUT2D eigenvalue weighted by molar-refractivity contribution is 0.0952. The summed E-state index contributed by atoms with van der Waals surface area (Å²) in [6.45, 7) is 5.68. The van der Waals surface area contributed by atoms with Gasteiger partial charge in [0.1, 0.15) is 0 Å². The maximum absolute atomic E-state index is 12.1. The largest absolute Gasteiger partial charge is 0.385 e. The molecule has 1 amide bonds. The van der Waals surface area contributed by atoms with Crippen molar-refractivity contribution in [3.63, 3.8) is 0 Å². The highest BCUT2D eigenvalue weighted by molar-refractivity contribution is 5.99. The summed E-state index contributed by atoms with van der Waals surface area (Å²) in [6.07, 6.45) is 2.52. The molecule has 0 bridgehead atoms. The van der Waals surface area contributed by atoms with E-state index in [1.807, 2.05) is 32.0 Å². The second kappa shape index (κ2) is 5.21. The first-order valence-electron chi connectivity index (χ1n) is 6.33. The van der Waals surface area contributed by atoms with E-state index in [9.17, 15) is 4.79 Å². The Hall–Kier alpha value is -1.51. The minimum Gasteiger partial charge on any atom is -0.385 e. The first-order chi connectivity index (χ1) is 8.20. The zero-order valence-electron chi connectivity index (χ0n) is 10.5. The van der Waals surface area contributed by atoms with E-state index in [0.717, 1.165) is 29.9 Å². The molecule has 0 saturated heterocycles. The van der Waals surface area contributed by atoms with Crippen molar-refractivity contribution in [1.82, 2.24) is 5.32 Å². The van der Waals surface area contributed by atoms with Crippen LogP contribution in [0, 0.1) is 12.8 Å². The van der Waals surface area contributed by atoms with Crippen molar-refractivity contribution >= 4 is 11.6 Å². The zero-order valence-corrected chi connectivity index (χ0v) is 10.5. The molecule has 1 aliphatic carbocycles. The second-order valence-corrected chi connectivity index (χ2v) is 4.73. The van der Waals surface area contributed by atoms with Crippen LogP contribution in [-0.2, 0) is 0 Å². The van der Waals surface area contributed by atoms with Gasteiger partial charge in [-0.3, -0.25) is 4.79 Å². The lowest BCUT2D eigenvalue weighted by Gasteiger charge is -2.11. The molecule has 1 fully saturated rings. The van der Waals surface area contributed by atoms with Crippen LogP contribution < -0.4 is 10.6 Å². The van der Waals surface area contributed by atoms with E-state index in [-0.39, 0.29) is 5.91 Å². The number of aryl methyl sites for hydroxylation is 1. The van der Waals surface area contributed by atoms with Gasteiger partial charge < -0.3 is 10.6 Å². The van der Waals surface area contributed by atoms with Gasteiger partial charge in [-0.2, -0.15) is 0 Å². The third-order valence-corrected chi connectivity index (χ3v) is 3.04. The average molecular weight is 232 g/mol. The SMILES string of the molecule is CCNc1ccc(C)cc1C(=O)NCC1CC1. The van der Waals surface area contributed by atoms with Crippen molar-refractivity contribution < 1.29 is 4.79 Å². The Morgan fingerprint density at radius 2 is 2.18 bits per heavy atom. The highest BCUT2D eigenvalue weighted by Gasteiger charge is 2.22. The van der Waals surface area contributed by atoms with E-state index in [4.69, 9.17) is 0 Å². The highest BCUT2D eigenvalue weighted by atomic mass is 16.1. The number of carbonyl (C=O) groups excluding carboxylic acids is 1. The third-order valence-electron chi connectivity index (χ3n) is 3.04. The van der Waals surface area contributed by atoms with E-state index < -0.39 is 0 Å². The summed E-state index contributed by atoms with van der Waals surface area (Å²) >= 11 is 0. The van der Waals surface area contributed by atoms with Gasteiger partial charge in [-0.05, 0) is 44.7 Å². The molecule has 0 radical (unpaired) electrons. The van der Waals surface area contributed by atoms with Crippen LogP contribution in [0.1, 0.15) is 35.7 Å². The molecular weight excluding hydrogens is 212 g/mol. The van der Waals surface area contributed by atoms with Crippen LogP contribution in [0.15, 0.2) is 18.2 Å². The number of hydrogen-bond donors (Lipinski definition) is 2. The van der Waals surface area contributed by atoms with Gasteiger partial charge in [0.15, 0.2) is 0 Å². The molecule has 0 heterocycles. The summed E-state index contributed by atoms with van der Waals surface area (Å²) in [6, 6.07) is 5.95. The molecule has 1 aromatic carbocycles. The molecule has 0 spiro atoms. The van der Waals surface area contributed by atoms with E-state index in [0.29, 0.717) is 5.92 Å². The number of carbonyl (C=O) groups is 1. The van der Waals surface area contributed by atoms with Gasteiger partial charge in [0, 0.05) is 18.8 Å². The third kappa shape index (κ3) is 3.22. The van der Waals surface area contributed by atoms with Crippen LogP contribution in [0.2, 0.25) is 0 Å². The lowest BCUT2D eigenvalue weighted by Crippen LogP contribution is -2.26. The highest BCUT2D eigenvalue weighted by Crippen LogP contribution is 2.27. The number of nitrogens with one attached hydrogen (secondary N) is 2. The van der Waals surface area contributed by atoms with E-state index >= 15 is 0 Å². The molecule has 17 heavy (non-hydrogen) atoms. The molecule has 1 aliphatic rings. The monoisotopic (exact) mass is 232 g/mol. The quantitative estimate of drug-likeness (QED) is 0.819. The fourth-order valence-electron chi connectivity index (χ4n) is 1.84. The maximum atomic E-state index is 12.1. The summed E-state index contributed by atoms with van der Waals surface area (Å²) in [5.74, 6) is 0.753. The average Bonchev–Trinajstić information content (AvgIpc) is 3.12. The van der Waals surface area contributed by atoms with Gasteiger partial charge in [-0.15, -0.1) is 0 Å². The second-order valence-electron chi connectivity index (χ2n) is 4.73. The number of amides is 1. The first-order valence-corrected chi connectivity index (χ1v) is 6.33. The van der Waals surface area contributed by atoms with E-state index in [1.54, 1.807) is 0 Å². The predicted molar refractivity (Wildman–Crippen MR) is 70.4 cm³/mol. The van der Waals surface area contributed by atoms with Crippen molar-refractivity contribution in [1.29, 1.82) is 0 Å².